The summed E-state index contributed by atoms with van der Waals surface area (Å²) < 4.78 is 32.9. The summed E-state index contributed by atoms with van der Waals surface area (Å²) in [5.74, 6) is -1.21. The molecular weight excluding hydrogens is 430 g/mol. The minimum atomic E-state index is -0.810. The van der Waals surface area contributed by atoms with E-state index in [1.165, 1.54) is 27.3 Å². The SMILES string of the molecule is CCn1c(CO)nn(-c2cc3c(C(C)C)cn(-c4cccc(F)c4C)c(=O)c3cc2F)c1=O. The molecule has 172 valence electrons. The van der Waals surface area contributed by atoms with Crippen molar-refractivity contribution in [2.75, 3.05) is 0 Å². The van der Waals surface area contributed by atoms with Crippen molar-refractivity contribution in [3.63, 3.8) is 0 Å². The van der Waals surface area contributed by atoms with Gasteiger partial charge in [-0.05, 0) is 55.0 Å². The van der Waals surface area contributed by atoms with Gasteiger partial charge in [-0.3, -0.25) is 13.9 Å². The number of pyridine rings is 1. The fourth-order valence-corrected chi connectivity index (χ4v) is 4.06. The zero-order valence-corrected chi connectivity index (χ0v) is 18.8. The molecule has 0 saturated carbocycles. The van der Waals surface area contributed by atoms with Crippen molar-refractivity contribution in [1.82, 2.24) is 18.9 Å². The average Bonchev–Trinajstić information content (AvgIpc) is 3.11. The summed E-state index contributed by atoms with van der Waals surface area (Å²) in [6.07, 6.45) is 1.63. The first-order chi connectivity index (χ1) is 15.7. The summed E-state index contributed by atoms with van der Waals surface area (Å²) in [5.41, 5.74) is 0.193. The Kier molecular flexibility index (Phi) is 5.75. The summed E-state index contributed by atoms with van der Waals surface area (Å²) in [6, 6.07) is 6.98. The van der Waals surface area contributed by atoms with Gasteiger partial charge < -0.3 is 5.11 Å². The molecule has 2 heterocycles. The van der Waals surface area contributed by atoms with Crippen LogP contribution in [0, 0.1) is 18.6 Å². The number of aliphatic hydroxyl groups excluding tert-OH is 1. The molecule has 0 saturated heterocycles. The molecule has 33 heavy (non-hydrogen) atoms. The van der Waals surface area contributed by atoms with Gasteiger partial charge in [0.15, 0.2) is 5.82 Å². The summed E-state index contributed by atoms with van der Waals surface area (Å²) in [4.78, 5) is 26.1. The van der Waals surface area contributed by atoms with Crippen LogP contribution in [0.3, 0.4) is 0 Å². The summed E-state index contributed by atoms with van der Waals surface area (Å²) in [7, 11) is 0. The zero-order valence-electron chi connectivity index (χ0n) is 18.8. The van der Waals surface area contributed by atoms with Gasteiger partial charge in [-0.1, -0.05) is 19.9 Å². The van der Waals surface area contributed by atoms with Gasteiger partial charge in [-0.2, -0.15) is 4.68 Å². The van der Waals surface area contributed by atoms with Crippen molar-refractivity contribution in [3.05, 3.63) is 86.0 Å². The minimum absolute atomic E-state index is 0.0653. The number of hydrogen-bond donors (Lipinski definition) is 1. The van der Waals surface area contributed by atoms with Gasteiger partial charge in [-0.25, -0.2) is 13.6 Å². The van der Waals surface area contributed by atoms with Crippen LogP contribution in [-0.4, -0.2) is 24.0 Å². The lowest BCUT2D eigenvalue weighted by molar-refractivity contribution is 0.264. The van der Waals surface area contributed by atoms with Crippen molar-refractivity contribution < 1.29 is 13.9 Å². The molecule has 0 amide bonds. The standard InChI is InChI=1S/C24H24F2N4O3/c1-5-28-22(12-31)27-30(24(28)33)21-10-15-16(9-19(21)26)23(32)29(11-17(15)13(2)3)20-8-6-7-18(25)14(20)4/h6-11,13,31H,5,12H2,1-4H3. The predicted octanol–water partition coefficient (Wildman–Crippen LogP) is 3.56. The summed E-state index contributed by atoms with van der Waals surface area (Å²) in [6.45, 7) is 6.94. The first-order valence-corrected chi connectivity index (χ1v) is 10.6. The van der Waals surface area contributed by atoms with Crippen LogP contribution in [-0.2, 0) is 13.2 Å². The Hall–Kier alpha value is -3.59. The Morgan fingerprint density at radius 1 is 1.06 bits per heavy atom. The third kappa shape index (κ3) is 3.58. The predicted molar refractivity (Wildman–Crippen MR) is 121 cm³/mol. The van der Waals surface area contributed by atoms with E-state index in [1.54, 1.807) is 26.1 Å². The fraction of sp³-hybridized carbons (Fsp3) is 0.292. The molecule has 0 aliphatic heterocycles. The number of halogens is 2. The maximum atomic E-state index is 15.2. The highest BCUT2D eigenvalue weighted by Crippen LogP contribution is 2.28. The average molecular weight is 454 g/mol. The molecule has 9 heteroatoms. The Labute approximate surface area is 188 Å². The number of benzene rings is 2. The topological polar surface area (TPSA) is 82.0 Å². The van der Waals surface area contributed by atoms with Crippen molar-refractivity contribution >= 4 is 10.8 Å². The van der Waals surface area contributed by atoms with E-state index in [2.05, 4.69) is 5.10 Å². The van der Waals surface area contributed by atoms with E-state index < -0.39 is 29.5 Å². The van der Waals surface area contributed by atoms with Crippen LogP contribution in [0.1, 0.15) is 43.6 Å². The highest BCUT2D eigenvalue weighted by atomic mass is 19.1. The molecule has 7 nitrogen and oxygen atoms in total. The maximum Gasteiger partial charge on any atom is 0.350 e. The number of aliphatic hydroxyl groups is 1. The highest BCUT2D eigenvalue weighted by Gasteiger charge is 2.21. The molecule has 0 radical (unpaired) electrons. The van der Waals surface area contributed by atoms with Crippen molar-refractivity contribution in [1.29, 1.82) is 0 Å². The first kappa shape index (κ1) is 22.6. The van der Waals surface area contributed by atoms with E-state index in [4.69, 9.17) is 0 Å². The van der Waals surface area contributed by atoms with Crippen LogP contribution in [0.5, 0.6) is 0 Å². The maximum absolute atomic E-state index is 15.2. The molecule has 1 N–H and O–H groups in total. The second-order valence-corrected chi connectivity index (χ2v) is 8.16. The molecule has 0 atom stereocenters. The molecule has 0 spiro atoms. The summed E-state index contributed by atoms with van der Waals surface area (Å²) in [5, 5.41) is 14.2. The van der Waals surface area contributed by atoms with E-state index in [0.717, 1.165) is 16.3 Å². The molecule has 0 bridgehead atoms. The first-order valence-electron chi connectivity index (χ1n) is 10.6. The van der Waals surface area contributed by atoms with E-state index in [9.17, 15) is 19.1 Å². The van der Waals surface area contributed by atoms with E-state index in [-0.39, 0.29) is 29.4 Å². The largest absolute Gasteiger partial charge is 0.388 e. The zero-order chi connectivity index (χ0) is 24.0. The van der Waals surface area contributed by atoms with Crippen LogP contribution in [0.2, 0.25) is 0 Å². The van der Waals surface area contributed by atoms with Crippen LogP contribution < -0.4 is 11.2 Å². The third-order valence-corrected chi connectivity index (χ3v) is 5.86. The van der Waals surface area contributed by atoms with Gasteiger partial charge in [0.2, 0.25) is 0 Å². The van der Waals surface area contributed by atoms with Gasteiger partial charge >= 0.3 is 5.69 Å². The quantitative estimate of drug-likeness (QED) is 0.500. The highest BCUT2D eigenvalue weighted by molar-refractivity contribution is 5.87. The van der Waals surface area contributed by atoms with Crippen LogP contribution in [0.25, 0.3) is 22.1 Å². The van der Waals surface area contributed by atoms with E-state index >= 15 is 4.39 Å². The smallest absolute Gasteiger partial charge is 0.350 e. The third-order valence-electron chi connectivity index (χ3n) is 5.86. The lowest BCUT2D eigenvalue weighted by Crippen LogP contribution is -2.25. The number of rotatable bonds is 5. The second-order valence-electron chi connectivity index (χ2n) is 8.16. The monoisotopic (exact) mass is 454 g/mol. The Morgan fingerprint density at radius 3 is 2.39 bits per heavy atom. The van der Waals surface area contributed by atoms with Gasteiger partial charge in [-0.15, -0.1) is 5.10 Å². The fourth-order valence-electron chi connectivity index (χ4n) is 4.06. The van der Waals surface area contributed by atoms with Crippen molar-refractivity contribution in [2.45, 2.75) is 46.8 Å². The molecule has 4 rings (SSSR count). The van der Waals surface area contributed by atoms with Crippen LogP contribution >= 0.6 is 0 Å². The molecule has 0 fully saturated rings. The number of fused-ring (bicyclic) bond motifs is 1. The molecule has 2 aromatic carbocycles. The van der Waals surface area contributed by atoms with Gasteiger partial charge in [0.1, 0.15) is 23.9 Å². The van der Waals surface area contributed by atoms with Gasteiger partial charge in [0.25, 0.3) is 5.56 Å². The van der Waals surface area contributed by atoms with Crippen molar-refractivity contribution in [2.24, 2.45) is 0 Å². The Morgan fingerprint density at radius 2 is 1.79 bits per heavy atom. The summed E-state index contributed by atoms with van der Waals surface area (Å²) >= 11 is 0. The molecule has 0 aliphatic rings. The Balaban J connectivity index is 2.06. The molecule has 0 unspecified atom stereocenters. The molecule has 2 aromatic heterocycles. The Bertz CT molecular complexity index is 1500. The number of aromatic nitrogens is 4. The van der Waals surface area contributed by atoms with E-state index in [0.29, 0.717) is 16.6 Å². The number of nitrogens with zero attached hydrogens (tertiary/aromatic N) is 4. The number of hydrogen-bond acceptors (Lipinski definition) is 4. The van der Waals surface area contributed by atoms with Crippen LogP contribution in [0.4, 0.5) is 8.78 Å². The van der Waals surface area contributed by atoms with E-state index in [1.807, 2.05) is 13.8 Å². The molecule has 4 aromatic rings. The molecular formula is C24H24F2N4O3. The lowest BCUT2D eigenvalue weighted by atomic mass is 9.97. The van der Waals surface area contributed by atoms with Gasteiger partial charge in [0, 0.05) is 18.3 Å². The van der Waals surface area contributed by atoms with Crippen LogP contribution in [0.15, 0.2) is 46.1 Å². The second kappa shape index (κ2) is 8.40. The molecule has 0 aliphatic carbocycles. The minimum Gasteiger partial charge on any atom is -0.388 e. The lowest BCUT2D eigenvalue weighted by Gasteiger charge is -2.17. The normalized spacial score (nSPS) is 11.6. The van der Waals surface area contributed by atoms with Gasteiger partial charge in [0.05, 0.1) is 11.1 Å². The van der Waals surface area contributed by atoms with Crippen molar-refractivity contribution in [3.8, 4) is 11.4 Å².